The number of benzene rings is 1. The van der Waals surface area contributed by atoms with E-state index in [0.717, 1.165) is 25.4 Å². The molecule has 0 saturated carbocycles. The van der Waals surface area contributed by atoms with Crippen molar-refractivity contribution in [1.82, 2.24) is 9.80 Å². The van der Waals surface area contributed by atoms with E-state index in [1.807, 2.05) is 17.0 Å². The fourth-order valence-electron chi connectivity index (χ4n) is 3.21. The van der Waals surface area contributed by atoms with Crippen LogP contribution in [0, 0.1) is 11.7 Å². The van der Waals surface area contributed by atoms with E-state index in [4.69, 9.17) is 4.42 Å². The summed E-state index contributed by atoms with van der Waals surface area (Å²) in [5, 5.41) is 2.70. The predicted molar refractivity (Wildman–Crippen MR) is 94.7 cm³/mol. The van der Waals surface area contributed by atoms with Crippen LogP contribution in [0.2, 0.25) is 0 Å². The average molecular weight is 345 g/mol. The quantitative estimate of drug-likeness (QED) is 0.917. The number of nitrogens with one attached hydrogen (secondary N) is 1. The number of furan rings is 1. The van der Waals surface area contributed by atoms with Gasteiger partial charge in [0.05, 0.1) is 18.5 Å². The van der Waals surface area contributed by atoms with E-state index in [2.05, 4.69) is 24.1 Å². The second kappa shape index (κ2) is 7.70. The first kappa shape index (κ1) is 17.5. The Balaban J connectivity index is 1.66. The van der Waals surface area contributed by atoms with Gasteiger partial charge < -0.3 is 14.6 Å². The molecular weight excluding hydrogens is 321 g/mol. The fraction of sp³-hybridized carbons (Fsp3) is 0.421. The molecule has 0 radical (unpaired) electrons. The maximum Gasteiger partial charge on any atom is 0.322 e. The van der Waals surface area contributed by atoms with Crippen molar-refractivity contribution < 1.29 is 13.6 Å². The first-order valence-electron chi connectivity index (χ1n) is 8.61. The van der Waals surface area contributed by atoms with Crippen LogP contribution in [0.25, 0.3) is 0 Å². The molecule has 0 spiro atoms. The van der Waals surface area contributed by atoms with E-state index in [9.17, 15) is 9.18 Å². The fourth-order valence-corrected chi connectivity index (χ4v) is 3.21. The highest BCUT2D eigenvalue weighted by molar-refractivity contribution is 5.89. The molecule has 1 atom stereocenters. The topological polar surface area (TPSA) is 48.7 Å². The van der Waals surface area contributed by atoms with E-state index >= 15 is 0 Å². The number of carbonyl (C=O) groups excluding carboxylic acids is 1. The molecule has 134 valence electrons. The molecule has 25 heavy (non-hydrogen) atoms. The van der Waals surface area contributed by atoms with Crippen LogP contribution in [0.15, 0.2) is 47.1 Å². The van der Waals surface area contributed by atoms with Gasteiger partial charge in [-0.05, 0) is 30.2 Å². The summed E-state index contributed by atoms with van der Waals surface area (Å²) in [6.45, 7) is 7.06. The highest BCUT2D eigenvalue weighted by Crippen LogP contribution is 2.21. The van der Waals surface area contributed by atoms with Gasteiger partial charge in [0, 0.05) is 25.7 Å². The number of para-hydroxylation sites is 1. The summed E-state index contributed by atoms with van der Waals surface area (Å²) >= 11 is 0. The molecule has 3 rings (SSSR count). The van der Waals surface area contributed by atoms with Crippen molar-refractivity contribution in [3.63, 3.8) is 0 Å². The zero-order chi connectivity index (χ0) is 17.8. The van der Waals surface area contributed by atoms with Gasteiger partial charge in [0.25, 0.3) is 0 Å². The molecule has 0 aliphatic carbocycles. The largest absolute Gasteiger partial charge is 0.468 e. The van der Waals surface area contributed by atoms with Crippen molar-refractivity contribution in [2.24, 2.45) is 5.92 Å². The first-order chi connectivity index (χ1) is 12.0. The molecule has 2 heterocycles. The molecule has 1 aromatic heterocycles. The van der Waals surface area contributed by atoms with Gasteiger partial charge in [0.15, 0.2) is 0 Å². The number of anilines is 1. The summed E-state index contributed by atoms with van der Waals surface area (Å²) < 4.78 is 19.2. The van der Waals surface area contributed by atoms with E-state index in [1.165, 1.54) is 6.07 Å². The van der Waals surface area contributed by atoms with Crippen LogP contribution >= 0.6 is 0 Å². The lowest BCUT2D eigenvalue weighted by Gasteiger charge is -2.43. The molecule has 1 N–H and O–H groups in total. The van der Waals surface area contributed by atoms with Crippen LogP contribution in [0.4, 0.5) is 14.9 Å². The van der Waals surface area contributed by atoms with Crippen molar-refractivity contribution in [2.75, 3.05) is 25.0 Å². The van der Waals surface area contributed by atoms with Crippen molar-refractivity contribution in [3.05, 3.63) is 54.2 Å². The minimum Gasteiger partial charge on any atom is -0.468 e. The molecule has 0 bridgehead atoms. The molecule has 1 aromatic carbocycles. The average Bonchev–Trinajstić information content (AvgIpc) is 3.09. The summed E-state index contributed by atoms with van der Waals surface area (Å²) in [6.07, 6.45) is 1.67. The van der Waals surface area contributed by atoms with Gasteiger partial charge in [-0.15, -0.1) is 0 Å². The van der Waals surface area contributed by atoms with Gasteiger partial charge in [-0.2, -0.15) is 0 Å². The van der Waals surface area contributed by atoms with Gasteiger partial charge in [0.1, 0.15) is 11.6 Å². The Morgan fingerprint density at radius 1 is 1.28 bits per heavy atom. The molecule has 5 nitrogen and oxygen atoms in total. The maximum absolute atomic E-state index is 13.8. The molecule has 2 amide bonds. The number of nitrogens with zero attached hydrogens (tertiary/aromatic N) is 2. The molecule has 2 aromatic rings. The monoisotopic (exact) mass is 345 g/mol. The summed E-state index contributed by atoms with van der Waals surface area (Å²) in [4.78, 5) is 16.8. The van der Waals surface area contributed by atoms with Crippen molar-refractivity contribution in [1.29, 1.82) is 0 Å². The molecule has 1 saturated heterocycles. The highest BCUT2D eigenvalue weighted by Gasteiger charge is 2.32. The van der Waals surface area contributed by atoms with Crippen molar-refractivity contribution in [3.8, 4) is 0 Å². The minimum atomic E-state index is -0.423. The summed E-state index contributed by atoms with van der Waals surface area (Å²) in [5.74, 6) is 0.797. The van der Waals surface area contributed by atoms with Crippen LogP contribution in [0.1, 0.15) is 19.6 Å². The number of urea groups is 1. The molecule has 1 aliphatic heterocycles. The molecule has 1 aliphatic rings. The van der Waals surface area contributed by atoms with Gasteiger partial charge in [-0.3, -0.25) is 4.90 Å². The third-order valence-corrected chi connectivity index (χ3v) is 4.61. The Morgan fingerprint density at radius 2 is 2.08 bits per heavy atom. The third-order valence-electron chi connectivity index (χ3n) is 4.61. The third kappa shape index (κ3) is 4.20. The summed E-state index contributed by atoms with van der Waals surface area (Å²) in [5.41, 5.74) is 0.216. The second-order valence-electron chi connectivity index (χ2n) is 6.73. The maximum atomic E-state index is 13.8. The predicted octanol–water partition coefficient (Wildman–Crippen LogP) is 3.79. The van der Waals surface area contributed by atoms with Gasteiger partial charge >= 0.3 is 6.03 Å². The van der Waals surface area contributed by atoms with Gasteiger partial charge in [-0.25, -0.2) is 9.18 Å². The second-order valence-corrected chi connectivity index (χ2v) is 6.73. The summed E-state index contributed by atoms with van der Waals surface area (Å²) in [6, 6.07) is 9.89. The summed E-state index contributed by atoms with van der Waals surface area (Å²) in [7, 11) is 0. The number of carbonyl (C=O) groups is 1. The van der Waals surface area contributed by atoms with E-state index in [0.29, 0.717) is 12.5 Å². The van der Waals surface area contributed by atoms with Crippen LogP contribution in [-0.2, 0) is 6.54 Å². The van der Waals surface area contributed by atoms with Crippen LogP contribution in [0.5, 0.6) is 0 Å². The Hall–Kier alpha value is -2.34. The number of amides is 2. The highest BCUT2D eigenvalue weighted by atomic mass is 19.1. The van der Waals surface area contributed by atoms with E-state index in [1.54, 1.807) is 24.5 Å². The number of halogens is 1. The van der Waals surface area contributed by atoms with E-state index in [-0.39, 0.29) is 17.8 Å². The Morgan fingerprint density at radius 3 is 2.76 bits per heavy atom. The van der Waals surface area contributed by atoms with Crippen molar-refractivity contribution in [2.45, 2.75) is 26.4 Å². The lowest BCUT2D eigenvalue weighted by atomic mass is 9.99. The number of hydrogen-bond acceptors (Lipinski definition) is 3. The van der Waals surface area contributed by atoms with Crippen LogP contribution < -0.4 is 5.32 Å². The van der Waals surface area contributed by atoms with Gasteiger partial charge in [0.2, 0.25) is 0 Å². The normalized spacial score (nSPS) is 18.6. The molecule has 1 fully saturated rings. The Labute approximate surface area is 147 Å². The zero-order valence-electron chi connectivity index (χ0n) is 14.6. The SMILES string of the molecule is CC(C)[C@H]1CN(Cc2ccco2)CCN1C(=O)Nc1ccccc1F. The Bertz CT molecular complexity index is 702. The number of piperazine rings is 1. The number of hydrogen-bond donors (Lipinski definition) is 1. The van der Waals surface area contributed by atoms with Crippen LogP contribution in [-0.4, -0.2) is 41.5 Å². The van der Waals surface area contributed by atoms with E-state index < -0.39 is 5.82 Å². The smallest absolute Gasteiger partial charge is 0.322 e. The Kier molecular flexibility index (Phi) is 5.38. The van der Waals surface area contributed by atoms with Crippen molar-refractivity contribution >= 4 is 11.7 Å². The molecule has 0 unspecified atom stereocenters. The first-order valence-corrected chi connectivity index (χ1v) is 8.61. The minimum absolute atomic E-state index is 0.0653. The number of rotatable bonds is 4. The lowest BCUT2D eigenvalue weighted by molar-refractivity contribution is 0.0701. The van der Waals surface area contributed by atoms with Gasteiger partial charge in [-0.1, -0.05) is 26.0 Å². The zero-order valence-corrected chi connectivity index (χ0v) is 14.6. The molecule has 6 heteroatoms. The molecular formula is C19H24FN3O2. The van der Waals surface area contributed by atoms with Crippen LogP contribution in [0.3, 0.4) is 0 Å². The lowest BCUT2D eigenvalue weighted by Crippen LogP contribution is -2.57. The standard InChI is InChI=1S/C19H24FN3O2/c1-14(2)18-13-22(12-15-6-5-11-25-15)9-10-23(18)19(24)21-17-8-4-3-7-16(17)20/h3-8,11,14,18H,9-10,12-13H2,1-2H3,(H,21,24)/t18-/m1/s1.